The molecule has 0 fully saturated rings. The zero-order valence-electron chi connectivity index (χ0n) is 11.8. The summed E-state index contributed by atoms with van der Waals surface area (Å²) in [5.41, 5.74) is 1.54. The standard InChI is InChI=1S/C17H18O4/c1-12(15-8-7-14(18)11-16(15)19)17(20)21-10-9-13-5-3-2-4-6-13/h2-8,11-12,18-19H,9-10H2,1H3. The molecule has 2 rings (SSSR count). The number of hydrogen-bond donors (Lipinski definition) is 2. The summed E-state index contributed by atoms with van der Waals surface area (Å²) in [4.78, 5) is 12.0. The highest BCUT2D eigenvalue weighted by Gasteiger charge is 2.20. The number of aromatic hydroxyl groups is 2. The molecule has 21 heavy (non-hydrogen) atoms. The van der Waals surface area contributed by atoms with E-state index in [0.717, 1.165) is 5.56 Å². The first kappa shape index (κ1) is 14.9. The molecule has 2 aromatic carbocycles. The van der Waals surface area contributed by atoms with Crippen LogP contribution < -0.4 is 0 Å². The maximum Gasteiger partial charge on any atom is 0.313 e. The molecular weight excluding hydrogens is 268 g/mol. The minimum Gasteiger partial charge on any atom is -0.508 e. The van der Waals surface area contributed by atoms with Gasteiger partial charge in [0.25, 0.3) is 0 Å². The molecule has 0 aliphatic carbocycles. The van der Waals surface area contributed by atoms with Crippen LogP contribution in [-0.4, -0.2) is 22.8 Å². The van der Waals surface area contributed by atoms with E-state index in [1.54, 1.807) is 6.92 Å². The lowest BCUT2D eigenvalue weighted by Crippen LogP contribution is -2.15. The van der Waals surface area contributed by atoms with Crippen LogP contribution in [0.2, 0.25) is 0 Å². The van der Waals surface area contributed by atoms with E-state index >= 15 is 0 Å². The Morgan fingerprint density at radius 1 is 1.14 bits per heavy atom. The Balaban J connectivity index is 1.90. The quantitative estimate of drug-likeness (QED) is 0.829. The van der Waals surface area contributed by atoms with E-state index in [0.29, 0.717) is 18.6 Å². The maximum atomic E-state index is 12.0. The van der Waals surface area contributed by atoms with Crippen molar-refractivity contribution in [2.45, 2.75) is 19.3 Å². The highest BCUT2D eigenvalue weighted by atomic mass is 16.5. The summed E-state index contributed by atoms with van der Waals surface area (Å²) in [7, 11) is 0. The summed E-state index contributed by atoms with van der Waals surface area (Å²) < 4.78 is 5.23. The maximum absolute atomic E-state index is 12.0. The predicted octanol–water partition coefficient (Wildman–Crippen LogP) is 2.99. The number of phenolic OH excluding ortho intramolecular Hbond substituents is 2. The Bertz CT molecular complexity index is 607. The molecule has 0 saturated heterocycles. The van der Waals surface area contributed by atoms with E-state index in [2.05, 4.69) is 0 Å². The average Bonchev–Trinajstić information content (AvgIpc) is 2.47. The van der Waals surface area contributed by atoms with Gasteiger partial charge in [0.05, 0.1) is 12.5 Å². The predicted molar refractivity (Wildman–Crippen MR) is 79.3 cm³/mol. The fraction of sp³-hybridized carbons (Fsp3) is 0.235. The second kappa shape index (κ2) is 6.79. The van der Waals surface area contributed by atoms with E-state index in [4.69, 9.17) is 4.74 Å². The van der Waals surface area contributed by atoms with Gasteiger partial charge in [-0.1, -0.05) is 36.4 Å². The second-order valence-electron chi connectivity index (χ2n) is 4.87. The van der Waals surface area contributed by atoms with Gasteiger partial charge in [-0.3, -0.25) is 4.79 Å². The molecule has 1 unspecified atom stereocenters. The molecular formula is C17H18O4. The number of phenols is 2. The molecule has 4 heteroatoms. The van der Waals surface area contributed by atoms with Crippen molar-refractivity contribution in [1.29, 1.82) is 0 Å². The minimum atomic E-state index is -0.582. The largest absolute Gasteiger partial charge is 0.508 e. The van der Waals surface area contributed by atoms with Crippen molar-refractivity contribution in [3.63, 3.8) is 0 Å². The lowest BCUT2D eigenvalue weighted by molar-refractivity contribution is -0.145. The van der Waals surface area contributed by atoms with Crippen LogP contribution in [0.4, 0.5) is 0 Å². The highest BCUT2D eigenvalue weighted by molar-refractivity contribution is 5.78. The van der Waals surface area contributed by atoms with E-state index in [1.165, 1.54) is 18.2 Å². The Morgan fingerprint density at radius 3 is 2.52 bits per heavy atom. The Labute approximate surface area is 123 Å². The molecule has 1 atom stereocenters. The molecule has 0 heterocycles. The number of carbonyl (C=O) groups excluding carboxylic acids is 1. The summed E-state index contributed by atoms with van der Waals surface area (Å²) in [5.74, 6) is -1.13. The normalized spacial score (nSPS) is 11.9. The van der Waals surface area contributed by atoms with Crippen LogP contribution in [-0.2, 0) is 16.0 Å². The zero-order chi connectivity index (χ0) is 15.2. The van der Waals surface area contributed by atoms with Gasteiger partial charge < -0.3 is 14.9 Å². The van der Waals surface area contributed by atoms with Gasteiger partial charge in [-0.05, 0) is 18.6 Å². The van der Waals surface area contributed by atoms with Gasteiger partial charge in [0, 0.05) is 18.1 Å². The number of hydrogen-bond acceptors (Lipinski definition) is 4. The summed E-state index contributed by atoms with van der Waals surface area (Å²) in [6.45, 7) is 1.96. The van der Waals surface area contributed by atoms with E-state index in [-0.39, 0.29) is 11.5 Å². The average molecular weight is 286 g/mol. The number of esters is 1. The molecule has 0 aliphatic heterocycles. The van der Waals surface area contributed by atoms with E-state index in [9.17, 15) is 15.0 Å². The number of rotatable bonds is 5. The lowest BCUT2D eigenvalue weighted by atomic mass is 10.00. The monoisotopic (exact) mass is 286 g/mol. The number of ether oxygens (including phenoxy) is 1. The molecule has 0 spiro atoms. The Hall–Kier alpha value is -2.49. The third kappa shape index (κ3) is 3.99. The van der Waals surface area contributed by atoms with Gasteiger partial charge in [0.15, 0.2) is 0 Å². The molecule has 0 radical (unpaired) electrons. The van der Waals surface area contributed by atoms with Crippen LogP contribution in [0.5, 0.6) is 11.5 Å². The van der Waals surface area contributed by atoms with Crippen molar-refractivity contribution in [3.05, 3.63) is 59.7 Å². The fourth-order valence-corrected chi connectivity index (χ4v) is 2.06. The topological polar surface area (TPSA) is 66.8 Å². The molecule has 2 aromatic rings. The van der Waals surface area contributed by atoms with Crippen molar-refractivity contribution in [2.75, 3.05) is 6.61 Å². The van der Waals surface area contributed by atoms with Gasteiger partial charge >= 0.3 is 5.97 Å². The molecule has 2 N–H and O–H groups in total. The first-order valence-corrected chi connectivity index (χ1v) is 6.80. The third-order valence-electron chi connectivity index (χ3n) is 3.31. The summed E-state index contributed by atoms with van der Waals surface area (Å²) in [6, 6.07) is 13.9. The number of carbonyl (C=O) groups is 1. The number of benzene rings is 2. The van der Waals surface area contributed by atoms with Gasteiger partial charge in [0.1, 0.15) is 11.5 Å². The second-order valence-corrected chi connectivity index (χ2v) is 4.87. The minimum absolute atomic E-state index is 0.0408. The van der Waals surface area contributed by atoms with Gasteiger partial charge in [-0.25, -0.2) is 0 Å². The van der Waals surface area contributed by atoms with Gasteiger partial charge in [-0.2, -0.15) is 0 Å². The van der Waals surface area contributed by atoms with Crippen molar-refractivity contribution in [3.8, 4) is 11.5 Å². The summed E-state index contributed by atoms with van der Waals surface area (Å²) in [6.07, 6.45) is 0.654. The summed E-state index contributed by atoms with van der Waals surface area (Å²) in [5, 5.41) is 19.0. The summed E-state index contributed by atoms with van der Waals surface area (Å²) >= 11 is 0. The van der Waals surface area contributed by atoms with Crippen LogP contribution in [0.3, 0.4) is 0 Å². The van der Waals surface area contributed by atoms with Crippen LogP contribution in [0.15, 0.2) is 48.5 Å². The first-order chi connectivity index (χ1) is 10.1. The van der Waals surface area contributed by atoms with Crippen LogP contribution in [0.25, 0.3) is 0 Å². The molecule has 0 saturated carbocycles. The van der Waals surface area contributed by atoms with Crippen molar-refractivity contribution in [2.24, 2.45) is 0 Å². The van der Waals surface area contributed by atoms with Gasteiger partial charge in [0.2, 0.25) is 0 Å². The fourth-order valence-electron chi connectivity index (χ4n) is 2.06. The molecule has 0 aliphatic rings. The third-order valence-corrected chi connectivity index (χ3v) is 3.31. The van der Waals surface area contributed by atoms with E-state index < -0.39 is 11.9 Å². The van der Waals surface area contributed by atoms with Crippen molar-refractivity contribution < 1.29 is 19.7 Å². The van der Waals surface area contributed by atoms with Crippen molar-refractivity contribution in [1.82, 2.24) is 0 Å². The first-order valence-electron chi connectivity index (χ1n) is 6.80. The highest BCUT2D eigenvalue weighted by Crippen LogP contribution is 2.29. The van der Waals surface area contributed by atoms with Crippen LogP contribution >= 0.6 is 0 Å². The van der Waals surface area contributed by atoms with Crippen LogP contribution in [0, 0.1) is 0 Å². The van der Waals surface area contributed by atoms with Gasteiger partial charge in [-0.15, -0.1) is 0 Å². The lowest BCUT2D eigenvalue weighted by Gasteiger charge is -2.13. The zero-order valence-corrected chi connectivity index (χ0v) is 11.8. The smallest absolute Gasteiger partial charge is 0.313 e. The molecule has 4 nitrogen and oxygen atoms in total. The molecule has 0 amide bonds. The molecule has 0 bridgehead atoms. The molecule has 0 aromatic heterocycles. The van der Waals surface area contributed by atoms with E-state index in [1.807, 2.05) is 30.3 Å². The molecule has 110 valence electrons. The van der Waals surface area contributed by atoms with Crippen LogP contribution in [0.1, 0.15) is 24.0 Å². The van der Waals surface area contributed by atoms with Crippen molar-refractivity contribution >= 4 is 5.97 Å². The Kier molecular flexibility index (Phi) is 4.82. The SMILES string of the molecule is CC(C(=O)OCCc1ccccc1)c1ccc(O)cc1O. The Morgan fingerprint density at radius 2 is 1.86 bits per heavy atom.